The average molecular weight is 279 g/mol. The van der Waals surface area contributed by atoms with Crippen molar-refractivity contribution in [2.75, 3.05) is 7.05 Å². The summed E-state index contributed by atoms with van der Waals surface area (Å²) in [7, 11) is 1.72. The normalized spacial score (nSPS) is 12.4. The van der Waals surface area contributed by atoms with E-state index in [1.807, 2.05) is 0 Å². The Bertz CT molecular complexity index is 563. The van der Waals surface area contributed by atoms with Crippen LogP contribution >= 0.6 is 0 Å². The summed E-state index contributed by atoms with van der Waals surface area (Å²) in [5.74, 6) is -1.41. The minimum atomic E-state index is -0.551. The van der Waals surface area contributed by atoms with Crippen LogP contribution in [0, 0.1) is 17.5 Å². The van der Waals surface area contributed by atoms with E-state index in [2.05, 4.69) is 5.32 Å². The lowest BCUT2D eigenvalue weighted by molar-refractivity contribution is 0.501. The third kappa shape index (κ3) is 3.61. The lowest BCUT2D eigenvalue weighted by Gasteiger charge is -2.17. The van der Waals surface area contributed by atoms with Crippen molar-refractivity contribution in [3.05, 3.63) is 71.0 Å². The van der Waals surface area contributed by atoms with Gasteiger partial charge in [0.25, 0.3) is 0 Å². The van der Waals surface area contributed by atoms with Gasteiger partial charge in [0.2, 0.25) is 0 Å². The van der Waals surface area contributed by atoms with Crippen molar-refractivity contribution in [3.63, 3.8) is 0 Å². The summed E-state index contributed by atoms with van der Waals surface area (Å²) in [5, 5.41) is 3.02. The van der Waals surface area contributed by atoms with E-state index in [1.54, 1.807) is 19.2 Å². The van der Waals surface area contributed by atoms with Crippen molar-refractivity contribution in [2.45, 2.75) is 18.9 Å². The number of nitrogens with one attached hydrogen (secondary N) is 1. The molecule has 1 N–H and O–H groups in total. The highest BCUT2D eigenvalue weighted by Crippen LogP contribution is 2.16. The quantitative estimate of drug-likeness (QED) is 0.883. The molecule has 20 heavy (non-hydrogen) atoms. The van der Waals surface area contributed by atoms with Crippen LogP contribution in [0.15, 0.2) is 42.5 Å². The summed E-state index contributed by atoms with van der Waals surface area (Å²) in [6.07, 6.45) is 0.716. The monoisotopic (exact) mass is 279 g/mol. The van der Waals surface area contributed by atoms with Crippen molar-refractivity contribution in [1.82, 2.24) is 5.32 Å². The van der Waals surface area contributed by atoms with E-state index in [1.165, 1.54) is 30.3 Å². The molecule has 4 heteroatoms. The Morgan fingerprint density at radius 2 is 1.60 bits per heavy atom. The first-order valence-electron chi connectivity index (χ1n) is 6.44. The smallest absolute Gasteiger partial charge is 0.129 e. The zero-order valence-corrected chi connectivity index (χ0v) is 11.2. The summed E-state index contributed by atoms with van der Waals surface area (Å²) in [6, 6.07) is 9.89. The Kier molecular flexibility index (Phi) is 4.79. The van der Waals surface area contributed by atoms with Gasteiger partial charge in [-0.3, -0.25) is 0 Å². The molecule has 0 heterocycles. The van der Waals surface area contributed by atoms with Crippen LogP contribution in [0.1, 0.15) is 11.1 Å². The van der Waals surface area contributed by atoms with Gasteiger partial charge in [0.05, 0.1) is 0 Å². The zero-order chi connectivity index (χ0) is 14.5. The molecule has 0 radical (unpaired) electrons. The van der Waals surface area contributed by atoms with E-state index in [0.717, 1.165) is 5.56 Å². The fraction of sp³-hybridized carbons (Fsp3) is 0.250. The van der Waals surface area contributed by atoms with Gasteiger partial charge in [-0.2, -0.15) is 0 Å². The Hall–Kier alpha value is -1.81. The van der Waals surface area contributed by atoms with Crippen molar-refractivity contribution in [1.29, 1.82) is 0 Å². The van der Waals surface area contributed by atoms with E-state index >= 15 is 0 Å². The van der Waals surface area contributed by atoms with Gasteiger partial charge in [-0.25, -0.2) is 13.2 Å². The van der Waals surface area contributed by atoms with Crippen molar-refractivity contribution in [2.24, 2.45) is 0 Å². The molecule has 106 valence electrons. The van der Waals surface area contributed by atoms with Gasteiger partial charge in [-0.05, 0) is 49.7 Å². The standard InChI is InChI=1S/C16H16F3N/c1-20-13(9-11-4-2-5-12(17)8-11)10-14-15(18)6-3-7-16(14)19/h2-8,13,20H,9-10H2,1H3. The fourth-order valence-electron chi connectivity index (χ4n) is 2.20. The van der Waals surface area contributed by atoms with Crippen LogP contribution in [-0.4, -0.2) is 13.1 Å². The summed E-state index contributed by atoms with van der Waals surface area (Å²) >= 11 is 0. The summed E-state index contributed by atoms with van der Waals surface area (Å²) in [6.45, 7) is 0. The zero-order valence-electron chi connectivity index (χ0n) is 11.2. The van der Waals surface area contributed by atoms with Crippen LogP contribution in [0.4, 0.5) is 13.2 Å². The van der Waals surface area contributed by atoms with Gasteiger partial charge in [0.1, 0.15) is 17.5 Å². The second kappa shape index (κ2) is 6.57. The molecule has 0 aliphatic heterocycles. The van der Waals surface area contributed by atoms with Crippen molar-refractivity contribution < 1.29 is 13.2 Å². The molecule has 1 unspecified atom stereocenters. The maximum absolute atomic E-state index is 13.6. The highest BCUT2D eigenvalue weighted by Gasteiger charge is 2.15. The molecule has 1 nitrogen and oxygen atoms in total. The maximum atomic E-state index is 13.6. The number of hydrogen-bond acceptors (Lipinski definition) is 1. The molecular formula is C16H16F3N. The Morgan fingerprint density at radius 3 is 2.20 bits per heavy atom. The molecule has 0 aliphatic rings. The lowest BCUT2D eigenvalue weighted by Crippen LogP contribution is -2.30. The molecule has 0 saturated carbocycles. The first kappa shape index (κ1) is 14.6. The van der Waals surface area contributed by atoms with Gasteiger partial charge >= 0.3 is 0 Å². The van der Waals surface area contributed by atoms with Crippen LogP contribution in [-0.2, 0) is 12.8 Å². The highest BCUT2D eigenvalue weighted by molar-refractivity contribution is 5.23. The first-order valence-corrected chi connectivity index (χ1v) is 6.44. The van der Waals surface area contributed by atoms with E-state index < -0.39 is 11.6 Å². The maximum Gasteiger partial charge on any atom is 0.129 e. The SMILES string of the molecule is CNC(Cc1cccc(F)c1)Cc1c(F)cccc1F. The number of rotatable bonds is 5. The molecule has 0 saturated heterocycles. The van der Waals surface area contributed by atoms with Gasteiger partial charge in [0.15, 0.2) is 0 Å². The molecule has 0 aliphatic carbocycles. The summed E-state index contributed by atoms with van der Waals surface area (Å²) in [4.78, 5) is 0. The molecule has 0 amide bonds. The molecule has 1 atom stereocenters. The van der Waals surface area contributed by atoms with Gasteiger partial charge < -0.3 is 5.32 Å². The van der Waals surface area contributed by atoms with Crippen molar-refractivity contribution in [3.8, 4) is 0 Å². The molecule has 0 aromatic heterocycles. The average Bonchev–Trinajstić information content (AvgIpc) is 2.42. The lowest BCUT2D eigenvalue weighted by atomic mass is 9.98. The third-order valence-electron chi connectivity index (χ3n) is 3.29. The molecule has 2 rings (SSSR count). The summed E-state index contributed by atoms with van der Waals surface area (Å²) in [5.41, 5.74) is 0.851. The fourth-order valence-corrected chi connectivity index (χ4v) is 2.20. The number of likely N-dealkylation sites (N-methyl/N-ethyl adjacent to an activating group) is 1. The van der Waals surface area contributed by atoms with Crippen molar-refractivity contribution >= 4 is 0 Å². The number of benzene rings is 2. The molecule has 0 spiro atoms. The van der Waals surface area contributed by atoms with Crippen LogP contribution in [0.5, 0.6) is 0 Å². The molecular weight excluding hydrogens is 263 g/mol. The third-order valence-corrected chi connectivity index (χ3v) is 3.29. The molecule has 0 fully saturated rings. The van der Waals surface area contributed by atoms with Gasteiger partial charge in [0, 0.05) is 11.6 Å². The number of hydrogen-bond donors (Lipinski definition) is 1. The topological polar surface area (TPSA) is 12.0 Å². The largest absolute Gasteiger partial charge is 0.316 e. The van der Waals surface area contributed by atoms with E-state index in [-0.39, 0.29) is 23.8 Å². The van der Waals surface area contributed by atoms with Gasteiger partial charge in [-0.1, -0.05) is 18.2 Å². The minimum Gasteiger partial charge on any atom is -0.316 e. The minimum absolute atomic E-state index is 0.0586. The van der Waals surface area contributed by atoms with Gasteiger partial charge in [-0.15, -0.1) is 0 Å². The van der Waals surface area contributed by atoms with Crippen LogP contribution < -0.4 is 5.32 Å². The second-order valence-electron chi connectivity index (χ2n) is 4.72. The second-order valence-corrected chi connectivity index (χ2v) is 4.72. The van der Waals surface area contributed by atoms with E-state index in [9.17, 15) is 13.2 Å². The highest BCUT2D eigenvalue weighted by atomic mass is 19.1. The Balaban J connectivity index is 2.13. The Morgan fingerprint density at radius 1 is 0.950 bits per heavy atom. The van der Waals surface area contributed by atoms with Crippen LogP contribution in [0.3, 0.4) is 0 Å². The van der Waals surface area contributed by atoms with Crippen LogP contribution in [0.2, 0.25) is 0 Å². The first-order chi connectivity index (χ1) is 9.60. The summed E-state index contributed by atoms with van der Waals surface area (Å²) < 4.78 is 40.4. The molecule has 0 bridgehead atoms. The van der Waals surface area contributed by atoms with Crippen LogP contribution in [0.25, 0.3) is 0 Å². The predicted molar refractivity (Wildman–Crippen MR) is 73.0 cm³/mol. The molecule has 2 aromatic rings. The van der Waals surface area contributed by atoms with E-state index in [4.69, 9.17) is 0 Å². The predicted octanol–water partition coefficient (Wildman–Crippen LogP) is 3.48. The molecule has 2 aromatic carbocycles. The van der Waals surface area contributed by atoms with E-state index in [0.29, 0.717) is 6.42 Å². The number of halogens is 3. The Labute approximate surface area is 116 Å².